The summed E-state index contributed by atoms with van der Waals surface area (Å²) in [5.41, 5.74) is 2.23. The Kier molecular flexibility index (Phi) is 10.3. The number of aryl methyl sites for hydroxylation is 1. The first-order valence-electron chi connectivity index (χ1n) is 12.8. The summed E-state index contributed by atoms with van der Waals surface area (Å²) in [6, 6.07) is 20.5. The maximum absolute atomic E-state index is 14.1. The molecule has 0 aliphatic rings. The number of amides is 2. The summed E-state index contributed by atoms with van der Waals surface area (Å²) >= 11 is 12.4. The molecule has 40 heavy (non-hydrogen) atoms. The Bertz CT molecular complexity index is 1460. The first-order valence-corrected chi connectivity index (χ1v) is 15.4. The van der Waals surface area contributed by atoms with Crippen LogP contribution in [-0.2, 0) is 32.6 Å². The summed E-state index contributed by atoms with van der Waals surface area (Å²) in [6.45, 7) is 7.08. The van der Waals surface area contributed by atoms with Gasteiger partial charge in [-0.1, -0.05) is 83.4 Å². The van der Waals surface area contributed by atoms with E-state index in [4.69, 9.17) is 23.2 Å². The number of nitrogens with zero attached hydrogens (tertiary/aromatic N) is 2. The Morgan fingerprint density at radius 1 is 0.925 bits per heavy atom. The van der Waals surface area contributed by atoms with E-state index in [-0.39, 0.29) is 29.6 Å². The van der Waals surface area contributed by atoms with E-state index in [1.165, 1.54) is 23.1 Å². The highest BCUT2D eigenvalue weighted by atomic mass is 35.5. The maximum Gasteiger partial charge on any atom is 0.244 e. The molecule has 7 nitrogen and oxygen atoms in total. The van der Waals surface area contributed by atoms with Crippen LogP contribution < -0.4 is 9.62 Å². The highest BCUT2D eigenvalue weighted by Crippen LogP contribution is 2.30. The molecule has 0 fully saturated rings. The van der Waals surface area contributed by atoms with Gasteiger partial charge in [-0.2, -0.15) is 0 Å². The van der Waals surface area contributed by atoms with Crippen molar-refractivity contribution < 1.29 is 18.0 Å². The van der Waals surface area contributed by atoms with Crippen LogP contribution in [0.15, 0.2) is 72.8 Å². The highest BCUT2D eigenvalue weighted by Gasteiger charge is 2.34. The molecule has 0 aromatic heterocycles. The zero-order valence-corrected chi connectivity index (χ0v) is 25.6. The molecule has 0 radical (unpaired) electrons. The topological polar surface area (TPSA) is 86.8 Å². The third-order valence-electron chi connectivity index (χ3n) is 6.06. The standard InChI is InChI=1S/C30H35Cl2N3O4S/c1-21-10-9-13-23(16-21)19-34(27(29(37)33-30(2,3)4)17-22-11-7-6-8-12-22)28(36)20-35(40(5,38)39)26-15-14-24(31)18-25(26)32/h6-16,18,27H,17,19-20H2,1-5H3,(H,33,37)/t27-/m0/s1. The number of carbonyl (C=O) groups excluding carboxylic acids is 2. The number of rotatable bonds is 10. The lowest BCUT2D eigenvalue weighted by Gasteiger charge is -2.35. The normalized spacial score (nSPS) is 12.5. The minimum absolute atomic E-state index is 0.0854. The first-order chi connectivity index (χ1) is 18.6. The lowest BCUT2D eigenvalue weighted by molar-refractivity contribution is -0.140. The molecule has 3 aromatic carbocycles. The highest BCUT2D eigenvalue weighted by molar-refractivity contribution is 7.92. The minimum atomic E-state index is -3.94. The molecule has 2 amide bonds. The molecule has 0 spiro atoms. The average Bonchev–Trinajstić information content (AvgIpc) is 2.84. The largest absolute Gasteiger partial charge is 0.350 e. The van der Waals surface area contributed by atoms with Crippen LogP contribution in [0, 0.1) is 6.92 Å². The van der Waals surface area contributed by atoms with Gasteiger partial charge in [-0.3, -0.25) is 13.9 Å². The van der Waals surface area contributed by atoms with Gasteiger partial charge in [0.1, 0.15) is 12.6 Å². The Morgan fingerprint density at radius 2 is 1.57 bits per heavy atom. The van der Waals surface area contributed by atoms with E-state index in [1.54, 1.807) is 0 Å². The van der Waals surface area contributed by atoms with Crippen LogP contribution in [0.3, 0.4) is 0 Å². The number of hydrogen-bond acceptors (Lipinski definition) is 4. The molecular weight excluding hydrogens is 569 g/mol. The summed E-state index contributed by atoms with van der Waals surface area (Å²) in [4.78, 5) is 29.3. The fourth-order valence-corrected chi connectivity index (χ4v) is 5.71. The van der Waals surface area contributed by atoms with E-state index < -0.39 is 34.1 Å². The first kappa shape index (κ1) is 31.5. The summed E-state index contributed by atoms with van der Waals surface area (Å²) in [7, 11) is -3.94. The number of anilines is 1. The summed E-state index contributed by atoms with van der Waals surface area (Å²) in [6.07, 6.45) is 1.24. The quantitative estimate of drug-likeness (QED) is 0.326. The van der Waals surface area contributed by atoms with Crippen molar-refractivity contribution in [3.63, 3.8) is 0 Å². The predicted octanol–water partition coefficient (Wildman–Crippen LogP) is 5.62. The molecule has 0 aliphatic heterocycles. The second kappa shape index (κ2) is 13.1. The van der Waals surface area contributed by atoms with Crippen LogP contribution in [0.4, 0.5) is 5.69 Å². The van der Waals surface area contributed by atoms with Crippen molar-refractivity contribution in [2.45, 2.75) is 52.2 Å². The molecule has 0 saturated heterocycles. The predicted molar refractivity (Wildman–Crippen MR) is 162 cm³/mol. The third-order valence-corrected chi connectivity index (χ3v) is 7.73. The van der Waals surface area contributed by atoms with Crippen molar-refractivity contribution in [2.75, 3.05) is 17.1 Å². The van der Waals surface area contributed by atoms with Gasteiger partial charge < -0.3 is 10.2 Å². The molecule has 0 unspecified atom stereocenters. The zero-order valence-electron chi connectivity index (χ0n) is 23.3. The van der Waals surface area contributed by atoms with Crippen LogP contribution in [0.25, 0.3) is 0 Å². The van der Waals surface area contributed by atoms with Crippen LogP contribution >= 0.6 is 23.2 Å². The van der Waals surface area contributed by atoms with Gasteiger partial charge in [0.05, 0.1) is 17.0 Å². The molecule has 214 valence electrons. The monoisotopic (exact) mass is 603 g/mol. The minimum Gasteiger partial charge on any atom is -0.350 e. The van der Waals surface area contributed by atoms with Gasteiger partial charge in [0.25, 0.3) is 0 Å². The SMILES string of the molecule is Cc1cccc(CN(C(=O)CN(c2ccc(Cl)cc2Cl)S(C)(=O)=O)[C@@H](Cc2ccccc2)C(=O)NC(C)(C)C)c1. The van der Waals surface area contributed by atoms with E-state index in [0.29, 0.717) is 5.02 Å². The Morgan fingerprint density at radius 3 is 2.15 bits per heavy atom. The average molecular weight is 605 g/mol. The Balaban J connectivity index is 2.09. The van der Waals surface area contributed by atoms with Crippen molar-refractivity contribution >= 4 is 50.7 Å². The number of hydrogen-bond donors (Lipinski definition) is 1. The molecule has 0 saturated carbocycles. The molecule has 0 bridgehead atoms. The number of carbonyl (C=O) groups is 2. The molecule has 0 aliphatic carbocycles. The molecule has 3 rings (SSSR count). The van der Waals surface area contributed by atoms with Gasteiger partial charge in [-0.25, -0.2) is 8.42 Å². The van der Waals surface area contributed by atoms with Crippen LogP contribution in [0.2, 0.25) is 10.0 Å². The molecule has 10 heteroatoms. The molecule has 1 N–H and O–H groups in total. The van der Waals surface area contributed by atoms with E-state index in [9.17, 15) is 18.0 Å². The molecule has 3 aromatic rings. The van der Waals surface area contributed by atoms with Crippen molar-refractivity contribution in [3.05, 3.63) is 99.5 Å². The second-order valence-electron chi connectivity index (χ2n) is 10.8. The van der Waals surface area contributed by atoms with E-state index in [2.05, 4.69) is 5.32 Å². The van der Waals surface area contributed by atoms with E-state index >= 15 is 0 Å². The van der Waals surface area contributed by atoms with E-state index in [1.807, 2.05) is 82.3 Å². The smallest absolute Gasteiger partial charge is 0.244 e. The lowest BCUT2D eigenvalue weighted by atomic mass is 10.0. The van der Waals surface area contributed by atoms with Gasteiger partial charge >= 0.3 is 0 Å². The molecule has 1 atom stereocenters. The second-order valence-corrected chi connectivity index (χ2v) is 13.6. The summed E-state index contributed by atoms with van der Waals surface area (Å²) < 4.78 is 26.7. The van der Waals surface area contributed by atoms with Gasteiger partial charge in [-0.05, 0) is 57.0 Å². The van der Waals surface area contributed by atoms with Crippen LogP contribution in [-0.4, -0.2) is 49.5 Å². The molecule has 0 heterocycles. The van der Waals surface area contributed by atoms with Gasteiger partial charge in [-0.15, -0.1) is 0 Å². The number of halogens is 2. The summed E-state index contributed by atoms with van der Waals surface area (Å²) in [5, 5.41) is 3.42. The number of benzene rings is 3. The van der Waals surface area contributed by atoms with Gasteiger partial charge in [0.15, 0.2) is 0 Å². The zero-order chi connectivity index (χ0) is 29.7. The van der Waals surface area contributed by atoms with Crippen molar-refractivity contribution in [3.8, 4) is 0 Å². The van der Waals surface area contributed by atoms with Gasteiger partial charge in [0, 0.05) is 23.5 Å². The maximum atomic E-state index is 14.1. The Labute approximate surface area is 247 Å². The Hall–Kier alpha value is -3.07. The molecular formula is C30H35Cl2N3O4S. The van der Waals surface area contributed by atoms with Crippen LogP contribution in [0.5, 0.6) is 0 Å². The van der Waals surface area contributed by atoms with E-state index in [0.717, 1.165) is 27.3 Å². The van der Waals surface area contributed by atoms with Crippen molar-refractivity contribution in [1.82, 2.24) is 10.2 Å². The van der Waals surface area contributed by atoms with Gasteiger partial charge in [0.2, 0.25) is 21.8 Å². The lowest BCUT2D eigenvalue weighted by Crippen LogP contribution is -2.56. The summed E-state index contributed by atoms with van der Waals surface area (Å²) in [5.74, 6) is -0.893. The van der Waals surface area contributed by atoms with Crippen molar-refractivity contribution in [2.24, 2.45) is 0 Å². The fraction of sp³-hybridized carbons (Fsp3) is 0.333. The third kappa shape index (κ3) is 8.98. The number of sulfonamides is 1. The fourth-order valence-electron chi connectivity index (χ4n) is 4.29. The van der Waals surface area contributed by atoms with Crippen molar-refractivity contribution in [1.29, 1.82) is 0 Å². The van der Waals surface area contributed by atoms with Crippen LogP contribution in [0.1, 0.15) is 37.5 Å². The number of nitrogens with one attached hydrogen (secondary N) is 1.